The minimum absolute atomic E-state index is 0.176. The van der Waals surface area contributed by atoms with Gasteiger partial charge in [0.2, 0.25) is 5.91 Å². The fraction of sp³-hybridized carbons (Fsp3) is 0.308. The third-order valence-electron chi connectivity index (χ3n) is 2.80. The molecular formula is C13H12BrNO4. The molecule has 1 atom stereocenters. The number of carbonyl (C=O) groups is 3. The lowest BCUT2D eigenvalue weighted by Crippen LogP contribution is -2.27. The topological polar surface area (TPSA) is 72.5 Å². The van der Waals surface area contributed by atoms with Gasteiger partial charge in [-0.3, -0.25) is 14.4 Å². The fourth-order valence-electron chi connectivity index (χ4n) is 1.93. The number of nitrogens with one attached hydrogen (secondary N) is 1. The molecule has 1 aliphatic heterocycles. The van der Waals surface area contributed by atoms with Crippen LogP contribution in [0.3, 0.4) is 0 Å². The molecule has 1 aromatic rings. The van der Waals surface area contributed by atoms with Crippen molar-refractivity contribution >= 4 is 39.3 Å². The van der Waals surface area contributed by atoms with Gasteiger partial charge >= 0.3 is 5.97 Å². The van der Waals surface area contributed by atoms with Crippen LogP contribution in [0.1, 0.15) is 23.7 Å². The lowest BCUT2D eigenvalue weighted by Gasteiger charge is -2.11. The first kappa shape index (κ1) is 13.7. The van der Waals surface area contributed by atoms with Crippen LogP contribution in [-0.2, 0) is 14.3 Å². The number of fused-ring (bicyclic) bond motifs is 1. The van der Waals surface area contributed by atoms with Crippen molar-refractivity contribution in [3.05, 3.63) is 28.2 Å². The minimum atomic E-state index is -1.07. The van der Waals surface area contributed by atoms with Gasteiger partial charge in [-0.15, -0.1) is 0 Å². The van der Waals surface area contributed by atoms with E-state index in [2.05, 4.69) is 21.2 Å². The molecule has 1 heterocycles. The quantitative estimate of drug-likeness (QED) is 0.668. The molecule has 0 aromatic heterocycles. The summed E-state index contributed by atoms with van der Waals surface area (Å²) in [4.78, 5) is 35.8. The summed E-state index contributed by atoms with van der Waals surface area (Å²) in [6.07, 6.45) is -0.191. The van der Waals surface area contributed by atoms with E-state index in [1.165, 1.54) is 0 Å². The van der Waals surface area contributed by atoms with Crippen molar-refractivity contribution in [2.75, 3.05) is 11.9 Å². The van der Waals surface area contributed by atoms with Crippen molar-refractivity contribution in [2.24, 2.45) is 5.92 Å². The van der Waals surface area contributed by atoms with Crippen LogP contribution < -0.4 is 5.32 Å². The molecule has 0 spiro atoms. The summed E-state index contributed by atoms with van der Waals surface area (Å²) in [5.74, 6) is -2.49. The van der Waals surface area contributed by atoms with E-state index in [4.69, 9.17) is 4.74 Å². The smallest absolute Gasteiger partial charge is 0.317 e. The third kappa shape index (κ3) is 2.84. The summed E-state index contributed by atoms with van der Waals surface area (Å²) in [5, 5.41) is 2.62. The zero-order valence-electron chi connectivity index (χ0n) is 10.2. The number of rotatable bonds is 2. The molecule has 0 saturated carbocycles. The van der Waals surface area contributed by atoms with Gasteiger partial charge in [-0.25, -0.2) is 0 Å². The Hall–Kier alpha value is -1.69. The summed E-state index contributed by atoms with van der Waals surface area (Å²) in [6, 6.07) is 4.94. The van der Waals surface area contributed by atoms with Crippen LogP contribution in [0.15, 0.2) is 22.7 Å². The zero-order chi connectivity index (χ0) is 14.0. The Labute approximate surface area is 118 Å². The number of carbonyl (C=O) groups excluding carboxylic acids is 3. The highest BCUT2D eigenvalue weighted by atomic mass is 79.9. The van der Waals surface area contributed by atoms with E-state index in [1.807, 2.05) is 0 Å². The maximum absolute atomic E-state index is 12.3. The first-order valence-corrected chi connectivity index (χ1v) is 6.62. The first-order chi connectivity index (χ1) is 9.02. The van der Waals surface area contributed by atoms with Crippen molar-refractivity contribution in [3.63, 3.8) is 0 Å². The number of ketones is 1. The minimum Gasteiger partial charge on any atom is -0.465 e. The van der Waals surface area contributed by atoms with Crippen molar-refractivity contribution in [1.29, 1.82) is 0 Å². The van der Waals surface area contributed by atoms with Gasteiger partial charge in [0.15, 0.2) is 5.78 Å². The molecule has 1 aliphatic rings. The Morgan fingerprint density at radius 3 is 2.89 bits per heavy atom. The summed E-state index contributed by atoms with van der Waals surface area (Å²) >= 11 is 3.27. The van der Waals surface area contributed by atoms with Gasteiger partial charge < -0.3 is 10.1 Å². The maximum atomic E-state index is 12.3. The average Bonchev–Trinajstić information content (AvgIpc) is 2.48. The van der Waals surface area contributed by atoms with E-state index >= 15 is 0 Å². The highest BCUT2D eigenvalue weighted by Crippen LogP contribution is 2.28. The van der Waals surface area contributed by atoms with Crippen molar-refractivity contribution in [2.45, 2.75) is 13.3 Å². The number of hydrogen-bond donors (Lipinski definition) is 1. The van der Waals surface area contributed by atoms with Gasteiger partial charge in [0.1, 0.15) is 5.92 Å². The SMILES string of the molecule is CCOC(=O)C1CC(=O)Nc2ccc(Br)cc2C1=O. The Balaban J connectivity index is 2.43. The van der Waals surface area contributed by atoms with Crippen LogP contribution >= 0.6 is 15.9 Å². The Bertz CT molecular complexity index is 556. The molecule has 1 N–H and O–H groups in total. The van der Waals surface area contributed by atoms with Crippen LogP contribution in [-0.4, -0.2) is 24.3 Å². The number of Topliss-reactive ketones (excluding diaryl/α,β-unsaturated/α-hetero) is 1. The standard InChI is InChI=1S/C13H12BrNO4/c1-2-19-13(18)9-6-11(16)15-10-4-3-7(14)5-8(10)12(9)17/h3-5,9H,2,6H2,1H3,(H,15,16). The second-order valence-corrected chi connectivity index (χ2v) is 5.03. The largest absolute Gasteiger partial charge is 0.465 e. The van der Waals surface area contributed by atoms with E-state index in [0.29, 0.717) is 15.7 Å². The summed E-state index contributed by atoms with van der Waals surface area (Å²) in [5.41, 5.74) is 0.739. The van der Waals surface area contributed by atoms with Crippen LogP contribution in [0.2, 0.25) is 0 Å². The molecule has 1 aromatic carbocycles. The highest BCUT2D eigenvalue weighted by Gasteiger charge is 2.35. The Morgan fingerprint density at radius 2 is 2.21 bits per heavy atom. The predicted octanol–water partition coefficient (Wildman–Crippen LogP) is 2.15. The first-order valence-electron chi connectivity index (χ1n) is 5.83. The van der Waals surface area contributed by atoms with Gasteiger partial charge in [-0.05, 0) is 25.1 Å². The lowest BCUT2D eigenvalue weighted by molar-refractivity contribution is -0.147. The van der Waals surface area contributed by atoms with Gasteiger partial charge in [0.25, 0.3) is 0 Å². The summed E-state index contributed by atoms with van der Waals surface area (Å²) < 4.78 is 5.56. The number of amides is 1. The number of halogens is 1. The molecular weight excluding hydrogens is 314 g/mol. The average molecular weight is 326 g/mol. The molecule has 5 nitrogen and oxygen atoms in total. The summed E-state index contributed by atoms with van der Waals surface area (Å²) in [7, 11) is 0. The van der Waals surface area contributed by atoms with Crippen LogP contribution in [0.4, 0.5) is 5.69 Å². The van der Waals surface area contributed by atoms with Crippen LogP contribution in [0, 0.1) is 5.92 Å². The van der Waals surface area contributed by atoms with Crippen LogP contribution in [0.5, 0.6) is 0 Å². The van der Waals surface area contributed by atoms with E-state index < -0.39 is 17.7 Å². The monoisotopic (exact) mass is 325 g/mol. The number of ether oxygens (including phenoxy) is 1. The molecule has 6 heteroatoms. The summed E-state index contributed by atoms with van der Waals surface area (Å²) in [6.45, 7) is 1.83. The molecule has 19 heavy (non-hydrogen) atoms. The van der Waals surface area contributed by atoms with Gasteiger partial charge in [0, 0.05) is 16.5 Å². The maximum Gasteiger partial charge on any atom is 0.317 e. The lowest BCUT2D eigenvalue weighted by atomic mass is 9.95. The van der Waals surface area contributed by atoms with E-state index in [0.717, 1.165) is 0 Å². The number of anilines is 1. The van der Waals surface area contributed by atoms with Gasteiger partial charge in [-0.2, -0.15) is 0 Å². The fourth-order valence-corrected chi connectivity index (χ4v) is 2.29. The molecule has 100 valence electrons. The zero-order valence-corrected chi connectivity index (χ0v) is 11.8. The van der Waals surface area contributed by atoms with Crippen LogP contribution in [0.25, 0.3) is 0 Å². The Kier molecular flexibility index (Phi) is 3.99. The molecule has 1 unspecified atom stereocenters. The molecule has 0 saturated heterocycles. The molecule has 0 radical (unpaired) electrons. The molecule has 0 aliphatic carbocycles. The van der Waals surface area contributed by atoms with Gasteiger partial charge in [0.05, 0.1) is 12.3 Å². The molecule has 0 bridgehead atoms. The number of hydrogen-bond acceptors (Lipinski definition) is 4. The molecule has 0 fully saturated rings. The van der Waals surface area contributed by atoms with E-state index in [1.54, 1.807) is 25.1 Å². The van der Waals surface area contributed by atoms with E-state index in [-0.39, 0.29) is 18.9 Å². The van der Waals surface area contributed by atoms with Gasteiger partial charge in [-0.1, -0.05) is 15.9 Å². The predicted molar refractivity (Wildman–Crippen MR) is 71.8 cm³/mol. The number of benzene rings is 1. The second-order valence-electron chi connectivity index (χ2n) is 4.11. The normalized spacial score (nSPS) is 18.3. The number of esters is 1. The molecule has 1 amide bonds. The van der Waals surface area contributed by atoms with Crippen molar-refractivity contribution < 1.29 is 19.1 Å². The second kappa shape index (κ2) is 5.52. The highest BCUT2D eigenvalue weighted by molar-refractivity contribution is 9.10. The Morgan fingerprint density at radius 1 is 1.47 bits per heavy atom. The van der Waals surface area contributed by atoms with Crippen molar-refractivity contribution in [3.8, 4) is 0 Å². The third-order valence-corrected chi connectivity index (χ3v) is 3.29. The molecule has 2 rings (SSSR count). The van der Waals surface area contributed by atoms with E-state index in [9.17, 15) is 14.4 Å². The van der Waals surface area contributed by atoms with Crippen molar-refractivity contribution in [1.82, 2.24) is 0 Å².